The van der Waals surface area contributed by atoms with Gasteiger partial charge in [-0.1, -0.05) is 22.7 Å². The molecule has 0 rings (SSSR count). The molecule has 0 aliphatic heterocycles. The maximum Gasteiger partial charge on any atom is 0.197 e. The van der Waals surface area contributed by atoms with Crippen molar-refractivity contribution in [3.05, 3.63) is 22.3 Å². The SMILES string of the molecule is CC(C)=CC(=O)C(Cl)=C(C)C. The molecule has 0 aromatic rings. The van der Waals surface area contributed by atoms with Gasteiger partial charge in [0.25, 0.3) is 0 Å². The minimum absolute atomic E-state index is 0.105. The molecular weight excluding hydrogens is 160 g/mol. The van der Waals surface area contributed by atoms with E-state index in [9.17, 15) is 4.79 Å². The Hall–Kier alpha value is -0.560. The third-order valence-electron chi connectivity index (χ3n) is 1.08. The van der Waals surface area contributed by atoms with Crippen molar-refractivity contribution in [2.24, 2.45) is 0 Å². The molecule has 0 aromatic heterocycles. The molecule has 0 bridgehead atoms. The Balaban J connectivity index is 4.54. The summed E-state index contributed by atoms with van der Waals surface area (Å²) in [6, 6.07) is 0. The van der Waals surface area contributed by atoms with Gasteiger partial charge in [-0.2, -0.15) is 0 Å². The summed E-state index contributed by atoms with van der Waals surface area (Å²) in [7, 11) is 0. The monoisotopic (exact) mass is 172 g/mol. The van der Waals surface area contributed by atoms with E-state index in [4.69, 9.17) is 11.6 Å². The average Bonchev–Trinajstić information content (AvgIpc) is 1.84. The lowest BCUT2D eigenvalue weighted by Crippen LogP contribution is -1.94. The highest BCUT2D eigenvalue weighted by Gasteiger charge is 2.03. The molecule has 2 heteroatoms. The van der Waals surface area contributed by atoms with Crippen LogP contribution in [0.25, 0.3) is 0 Å². The predicted octanol–water partition coefficient (Wildman–Crippen LogP) is 3.05. The molecule has 0 spiro atoms. The summed E-state index contributed by atoms with van der Waals surface area (Å²) in [5.74, 6) is -0.105. The molecule has 0 radical (unpaired) electrons. The second-order valence-corrected chi connectivity index (χ2v) is 3.28. The number of hydrogen-bond acceptors (Lipinski definition) is 1. The van der Waals surface area contributed by atoms with Crippen molar-refractivity contribution in [1.82, 2.24) is 0 Å². The third-order valence-corrected chi connectivity index (χ3v) is 1.64. The number of hydrogen-bond donors (Lipinski definition) is 0. The lowest BCUT2D eigenvalue weighted by Gasteiger charge is -1.95. The number of halogens is 1. The van der Waals surface area contributed by atoms with Crippen LogP contribution in [-0.4, -0.2) is 5.78 Å². The standard InChI is InChI=1S/C9H13ClO/c1-6(2)5-8(11)9(10)7(3)4/h5H,1-4H3. The Kier molecular flexibility index (Phi) is 4.12. The Morgan fingerprint density at radius 2 is 1.64 bits per heavy atom. The number of rotatable bonds is 2. The van der Waals surface area contributed by atoms with E-state index in [1.54, 1.807) is 0 Å². The Bertz CT molecular complexity index is 216. The summed E-state index contributed by atoms with van der Waals surface area (Å²) in [5.41, 5.74) is 1.82. The first kappa shape index (κ1) is 10.4. The van der Waals surface area contributed by atoms with Gasteiger partial charge in [-0.3, -0.25) is 4.79 Å². The fourth-order valence-corrected chi connectivity index (χ4v) is 0.627. The van der Waals surface area contributed by atoms with Gasteiger partial charge in [0.05, 0.1) is 5.03 Å². The topological polar surface area (TPSA) is 17.1 Å². The molecule has 0 fully saturated rings. The summed E-state index contributed by atoms with van der Waals surface area (Å²) < 4.78 is 0. The number of carbonyl (C=O) groups is 1. The smallest absolute Gasteiger partial charge is 0.197 e. The molecule has 0 aliphatic carbocycles. The highest BCUT2D eigenvalue weighted by molar-refractivity contribution is 6.44. The van der Waals surface area contributed by atoms with Crippen molar-refractivity contribution < 1.29 is 4.79 Å². The van der Waals surface area contributed by atoms with Crippen molar-refractivity contribution >= 4 is 17.4 Å². The van der Waals surface area contributed by atoms with Crippen LogP contribution >= 0.6 is 11.6 Å². The molecule has 0 saturated carbocycles. The Labute approximate surface area is 72.7 Å². The van der Waals surface area contributed by atoms with Gasteiger partial charge >= 0.3 is 0 Å². The van der Waals surface area contributed by atoms with E-state index in [0.717, 1.165) is 11.1 Å². The lowest BCUT2D eigenvalue weighted by molar-refractivity contribution is -0.110. The molecule has 0 aromatic carbocycles. The summed E-state index contributed by atoms with van der Waals surface area (Å²) in [6.07, 6.45) is 1.54. The van der Waals surface area contributed by atoms with Gasteiger partial charge in [0.1, 0.15) is 0 Å². The number of carbonyl (C=O) groups excluding carboxylic acids is 1. The van der Waals surface area contributed by atoms with Crippen LogP contribution in [0.15, 0.2) is 22.3 Å². The summed E-state index contributed by atoms with van der Waals surface area (Å²) in [4.78, 5) is 11.1. The Morgan fingerprint density at radius 3 is 1.91 bits per heavy atom. The fraction of sp³-hybridized carbons (Fsp3) is 0.444. The Morgan fingerprint density at radius 1 is 1.18 bits per heavy atom. The van der Waals surface area contributed by atoms with Crippen LogP contribution in [0.4, 0.5) is 0 Å². The maximum atomic E-state index is 11.1. The minimum atomic E-state index is -0.105. The van der Waals surface area contributed by atoms with E-state index in [1.165, 1.54) is 6.08 Å². The normalized spacial score (nSPS) is 8.82. The second-order valence-electron chi connectivity index (χ2n) is 2.90. The van der Waals surface area contributed by atoms with Gasteiger partial charge in [-0.15, -0.1) is 0 Å². The molecule has 0 atom stereocenters. The zero-order valence-corrected chi connectivity index (χ0v) is 8.12. The van der Waals surface area contributed by atoms with Crippen LogP contribution in [0.2, 0.25) is 0 Å². The molecule has 1 nitrogen and oxygen atoms in total. The first-order valence-electron chi connectivity index (χ1n) is 3.47. The van der Waals surface area contributed by atoms with E-state index in [-0.39, 0.29) is 5.78 Å². The summed E-state index contributed by atoms with van der Waals surface area (Å²) in [6.45, 7) is 7.37. The van der Waals surface area contributed by atoms with Gasteiger partial charge in [-0.25, -0.2) is 0 Å². The van der Waals surface area contributed by atoms with Crippen LogP contribution in [0.1, 0.15) is 27.7 Å². The van der Waals surface area contributed by atoms with E-state index in [1.807, 2.05) is 27.7 Å². The van der Waals surface area contributed by atoms with Gasteiger partial charge in [0.15, 0.2) is 5.78 Å². The van der Waals surface area contributed by atoms with E-state index in [0.29, 0.717) is 5.03 Å². The van der Waals surface area contributed by atoms with E-state index < -0.39 is 0 Å². The van der Waals surface area contributed by atoms with Gasteiger partial charge < -0.3 is 0 Å². The van der Waals surface area contributed by atoms with Crippen molar-refractivity contribution in [2.45, 2.75) is 27.7 Å². The van der Waals surface area contributed by atoms with Crippen LogP contribution in [0.3, 0.4) is 0 Å². The largest absolute Gasteiger partial charge is 0.288 e. The summed E-state index contributed by atoms with van der Waals surface area (Å²) in [5, 5.41) is 0.325. The first-order chi connectivity index (χ1) is 4.95. The van der Waals surface area contributed by atoms with Gasteiger partial charge in [0, 0.05) is 0 Å². The molecule has 0 amide bonds. The molecule has 0 heterocycles. The fourth-order valence-electron chi connectivity index (χ4n) is 0.572. The second kappa shape index (κ2) is 4.35. The zero-order valence-electron chi connectivity index (χ0n) is 7.36. The van der Waals surface area contributed by atoms with Crippen molar-refractivity contribution in [3.63, 3.8) is 0 Å². The molecule has 0 unspecified atom stereocenters. The minimum Gasteiger partial charge on any atom is -0.288 e. The van der Waals surface area contributed by atoms with Gasteiger partial charge in [-0.05, 0) is 33.8 Å². The lowest BCUT2D eigenvalue weighted by atomic mass is 10.2. The summed E-state index contributed by atoms with van der Waals surface area (Å²) >= 11 is 5.70. The van der Waals surface area contributed by atoms with Crippen LogP contribution < -0.4 is 0 Å². The van der Waals surface area contributed by atoms with Crippen molar-refractivity contribution in [2.75, 3.05) is 0 Å². The van der Waals surface area contributed by atoms with Crippen LogP contribution in [0, 0.1) is 0 Å². The average molecular weight is 173 g/mol. The number of ketones is 1. The third kappa shape index (κ3) is 3.99. The van der Waals surface area contributed by atoms with E-state index >= 15 is 0 Å². The zero-order chi connectivity index (χ0) is 9.02. The van der Waals surface area contributed by atoms with Gasteiger partial charge in [0.2, 0.25) is 0 Å². The molecule has 0 N–H and O–H groups in total. The molecule has 0 saturated heterocycles. The van der Waals surface area contributed by atoms with Crippen LogP contribution in [-0.2, 0) is 4.79 Å². The highest BCUT2D eigenvalue weighted by Crippen LogP contribution is 2.11. The molecule has 62 valence electrons. The maximum absolute atomic E-state index is 11.1. The van der Waals surface area contributed by atoms with Crippen molar-refractivity contribution in [3.8, 4) is 0 Å². The molecule has 0 aliphatic rings. The molecule has 11 heavy (non-hydrogen) atoms. The molecular formula is C9H13ClO. The highest BCUT2D eigenvalue weighted by atomic mass is 35.5. The van der Waals surface area contributed by atoms with Crippen molar-refractivity contribution in [1.29, 1.82) is 0 Å². The van der Waals surface area contributed by atoms with E-state index in [2.05, 4.69) is 0 Å². The van der Waals surface area contributed by atoms with Crippen LogP contribution in [0.5, 0.6) is 0 Å². The predicted molar refractivity (Wildman–Crippen MR) is 48.7 cm³/mol. The number of allylic oxidation sites excluding steroid dienone is 4. The first-order valence-corrected chi connectivity index (χ1v) is 3.85. The quantitative estimate of drug-likeness (QED) is 0.586.